The van der Waals surface area contributed by atoms with Crippen molar-refractivity contribution in [1.29, 1.82) is 0 Å². The van der Waals surface area contributed by atoms with Crippen molar-refractivity contribution >= 4 is 22.8 Å². The predicted octanol–water partition coefficient (Wildman–Crippen LogP) is 7.03. The molecule has 4 aromatic carbocycles. The SMILES string of the molecule is CC(=O)c1ccc(N(c2ccccc2)c2ccccc2-c2ccccc2)cc1. The van der Waals surface area contributed by atoms with Crippen LogP contribution in [-0.2, 0) is 0 Å². The maximum atomic E-state index is 11.7. The van der Waals surface area contributed by atoms with E-state index in [1.807, 2.05) is 48.5 Å². The van der Waals surface area contributed by atoms with Gasteiger partial charge in [0, 0.05) is 22.5 Å². The van der Waals surface area contributed by atoms with Crippen molar-refractivity contribution in [2.75, 3.05) is 4.90 Å². The molecule has 0 aromatic heterocycles. The summed E-state index contributed by atoms with van der Waals surface area (Å²) in [5.74, 6) is 0.0718. The van der Waals surface area contributed by atoms with Crippen LogP contribution in [0.3, 0.4) is 0 Å². The van der Waals surface area contributed by atoms with E-state index in [4.69, 9.17) is 0 Å². The predicted molar refractivity (Wildman–Crippen MR) is 117 cm³/mol. The fourth-order valence-electron chi connectivity index (χ4n) is 3.38. The molecule has 0 N–H and O–H groups in total. The van der Waals surface area contributed by atoms with Gasteiger partial charge in [-0.2, -0.15) is 0 Å². The maximum absolute atomic E-state index is 11.7. The van der Waals surface area contributed by atoms with E-state index in [9.17, 15) is 4.79 Å². The number of hydrogen-bond donors (Lipinski definition) is 0. The van der Waals surface area contributed by atoms with Gasteiger partial charge in [-0.1, -0.05) is 66.7 Å². The summed E-state index contributed by atoms with van der Waals surface area (Å²) in [5.41, 5.74) is 6.21. The van der Waals surface area contributed by atoms with Crippen LogP contribution in [0.25, 0.3) is 11.1 Å². The lowest BCUT2D eigenvalue weighted by Crippen LogP contribution is -2.11. The zero-order chi connectivity index (χ0) is 19.3. The molecule has 0 saturated heterocycles. The van der Waals surface area contributed by atoms with E-state index in [0.29, 0.717) is 5.56 Å². The number of nitrogens with zero attached hydrogens (tertiary/aromatic N) is 1. The molecule has 0 saturated carbocycles. The zero-order valence-electron chi connectivity index (χ0n) is 15.7. The van der Waals surface area contributed by atoms with Gasteiger partial charge in [0.25, 0.3) is 0 Å². The third-order valence-corrected chi connectivity index (χ3v) is 4.78. The van der Waals surface area contributed by atoms with E-state index in [1.54, 1.807) is 6.92 Å². The molecule has 0 atom stereocenters. The summed E-state index contributed by atoms with van der Waals surface area (Å²) in [6.45, 7) is 1.59. The number of Topliss-reactive ketones (excluding diaryl/α,β-unsaturated/α-hetero) is 1. The van der Waals surface area contributed by atoms with E-state index in [0.717, 1.165) is 22.6 Å². The molecule has 2 nitrogen and oxygen atoms in total. The lowest BCUT2D eigenvalue weighted by molar-refractivity contribution is 0.101. The average Bonchev–Trinajstić information content (AvgIpc) is 2.76. The topological polar surface area (TPSA) is 20.3 Å². The van der Waals surface area contributed by atoms with Crippen molar-refractivity contribution in [1.82, 2.24) is 0 Å². The Labute approximate surface area is 165 Å². The number of para-hydroxylation sites is 2. The van der Waals surface area contributed by atoms with Gasteiger partial charge < -0.3 is 4.90 Å². The lowest BCUT2D eigenvalue weighted by Gasteiger charge is -2.28. The molecule has 0 heterocycles. The molecule has 0 spiro atoms. The molecule has 4 aromatic rings. The second-order valence-electron chi connectivity index (χ2n) is 6.66. The van der Waals surface area contributed by atoms with Crippen LogP contribution in [0.2, 0.25) is 0 Å². The Morgan fingerprint density at radius 1 is 0.607 bits per heavy atom. The number of anilines is 3. The molecule has 0 bridgehead atoms. The summed E-state index contributed by atoms with van der Waals surface area (Å²) in [4.78, 5) is 13.9. The van der Waals surface area contributed by atoms with E-state index >= 15 is 0 Å². The van der Waals surface area contributed by atoms with Gasteiger partial charge in [0.1, 0.15) is 0 Å². The van der Waals surface area contributed by atoms with Gasteiger partial charge in [-0.05, 0) is 55.0 Å². The molecule has 0 radical (unpaired) electrons. The number of carbonyl (C=O) groups is 1. The van der Waals surface area contributed by atoms with Crippen LogP contribution in [0.1, 0.15) is 17.3 Å². The standard InChI is InChI=1S/C26H21NO/c1-20(28)21-16-18-24(19-17-21)27(23-12-6-3-7-13-23)26-15-9-8-14-25(26)22-10-4-2-5-11-22/h2-19H,1H3. The van der Waals surface area contributed by atoms with Gasteiger partial charge in [0.05, 0.1) is 5.69 Å². The zero-order valence-corrected chi connectivity index (χ0v) is 15.7. The Morgan fingerprint density at radius 2 is 1.14 bits per heavy atom. The summed E-state index contributed by atoms with van der Waals surface area (Å²) in [6.07, 6.45) is 0. The van der Waals surface area contributed by atoms with Gasteiger partial charge in [0.2, 0.25) is 0 Å². The summed E-state index contributed by atoms with van der Waals surface area (Å²) in [6, 6.07) is 36.9. The molecule has 0 fully saturated rings. The Bertz CT molecular complexity index is 1070. The highest BCUT2D eigenvalue weighted by molar-refractivity contribution is 5.95. The molecule has 0 unspecified atom stereocenters. The number of carbonyl (C=O) groups excluding carboxylic acids is 1. The maximum Gasteiger partial charge on any atom is 0.159 e. The molecule has 4 rings (SSSR count). The normalized spacial score (nSPS) is 10.5. The van der Waals surface area contributed by atoms with E-state index < -0.39 is 0 Å². The molecule has 0 aliphatic rings. The average molecular weight is 363 g/mol. The van der Waals surface area contributed by atoms with Crippen LogP contribution in [0.4, 0.5) is 17.1 Å². The largest absolute Gasteiger partial charge is 0.310 e. The number of hydrogen-bond acceptors (Lipinski definition) is 2. The summed E-state index contributed by atoms with van der Waals surface area (Å²) in [7, 11) is 0. The van der Waals surface area contributed by atoms with E-state index in [-0.39, 0.29) is 5.78 Å². The number of ketones is 1. The van der Waals surface area contributed by atoms with E-state index in [2.05, 4.69) is 65.6 Å². The van der Waals surface area contributed by atoms with Gasteiger partial charge in [-0.25, -0.2) is 0 Å². The molecule has 136 valence electrons. The van der Waals surface area contributed by atoms with Crippen LogP contribution in [0.5, 0.6) is 0 Å². The van der Waals surface area contributed by atoms with Gasteiger partial charge >= 0.3 is 0 Å². The first-order valence-corrected chi connectivity index (χ1v) is 9.35. The quantitative estimate of drug-likeness (QED) is 0.355. The third kappa shape index (κ3) is 3.58. The highest BCUT2D eigenvalue weighted by Crippen LogP contribution is 2.40. The van der Waals surface area contributed by atoms with E-state index in [1.165, 1.54) is 5.56 Å². The molecular formula is C26H21NO. The minimum Gasteiger partial charge on any atom is -0.310 e. The van der Waals surface area contributed by atoms with Crippen LogP contribution < -0.4 is 4.90 Å². The first-order chi connectivity index (χ1) is 13.7. The smallest absolute Gasteiger partial charge is 0.159 e. The highest BCUT2D eigenvalue weighted by atomic mass is 16.1. The Kier molecular flexibility index (Phi) is 5.03. The van der Waals surface area contributed by atoms with Crippen molar-refractivity contribution in [3.8, 4) is 11.1 Å². The summed E-state index contributed by atoms with van der Waals surface area (Å²) < 4.78 is 0. The first-order valence-electron chi connectivity index (χ1n) is 9.35. The van der Waals surface area contributed by atoms with Crippen LogP contribution in [-0.4, -0.2) is 5.78 Å². The molecule has 28 heavy (non-hydrogen) atoms. The molecule has 0 amide bonds. The van der Waals surface area contributed by atoms with Crippen LogP contribution in [0, 0.1) is 0 Å². The summed E-state index contributed by atoms with van der Waals surface area (Å²) in [5, 5.41) is 0. The number of benzene rings is 4. The number of rotatable bonds is 5. The summed E-state index contributed by atoms with van der Waals surface area (Å²) >= 11 is 0. The fraction of sp³-hybridized carbons (Fsp3) is 0.0385. The molecule has 2 heteroatoms. The van der Waals surface area contributed by atoms with Crippen molar-refractivity contribution < 1.29 is 4.79 Å². The Balaban J connectivity index is 1.90. The van der Waals surface area contributed by atoms with Crippen LogP contribution >= 0.6 is 0 Å². The van der Waals surface area contributed by atoms with Gasteiger partial charge in [-0.15, -0.1) is 0 Å². The van der Waals surface area contributed by atoms with Gasteiger partial charge in [-0.3, -0.25) is 4.79 Å². The molecular weight excluding hydrogens is 342 g/mol. The fourth-order valence-corrected chi connectivity index (χ4v) is 3.38. The lowest BCUT2D eigenvalue weighted by atomic mass is 10.0. The minimum absolute atomic E-state index is 0.0718. The molecule has 0 aliphatic carbocycles. The van der Waals surface area contributed by atoms with Crippen molar-refractivity contribution in [2.45, 2.75) is 6.92 Å². The second kappa shape index (κ2) is 7.93. The van der Waals surface area contributed by atoms with Crippen molar-refractivity contribution in [2.24, 2.45) is 0 Å². The highest BCUT2D eigenvalue weighted by Gasteiger charge is 2.16. The third-order valence-electron chi connectivity index (χ3n) is 4.78. The van der Waals surface area contributed by atoms with Crippen molar-refractivity contribution in [3.05, 3.63) is 115 Å². The second-order valence-corrected chi connectivity index (χ2v) is 6.66. The Morgan fingerprint density at radius 3 is 1.79 bits per heavy atom. The van der Waals surface area contributed by atoms with Gasteiger partial charge in [0.15, 0.2) is 5.78 Å². The first kappa shape index (κ1) is 17.7. The van der Waals surface area contributed by atoms with Crippen molar-refractivity contribution in [3.63, 3.8) is 0 Å². The van der Waals surface area contributed by atoms with Crippen LogP contribution in [0.15, 0.2) is 109 Å². The molecule has 0 aliphatic heterocycles. The Hall–Kier alpha value is -3.65. The minimum atomic E-state index is 0.0718. The monoisotopic (exact) mass is 363 g/mol.